The molecule has 0 N–H and O–H groups in total. The number of unbranched alkanes of at least 4 members (excludes halogenated alkanes) is 2. The molecule has 0 heterocycles. The summed E-state index contributed by atoms with van der Waals surface area (Å²) in [7, 11) is 0. The van der Waals surface area contributed by atoms with Gasteiger partial charge < -0.3 is 4.74 Å². The Kier molecular flexibility index (Phi) is 6.86. The molecule has 122 valence electrons. The largest absolute Gasteiger partial charge is 0.457 e. The normalized spacial score (nSPS) is 10.5. The average molecular weight is 310 g/mol. The van der Waals surface area contributed by atoms with Crippen LogP contribution in [0, 0.1) is 0 Å². The van der Waals surface area contributed by atoms with E-state index in [0.717, 1.165) is 54.7 Å². The molecule has 2 aromatic carbocycles. The van der Waals surface area contributed by atoms with Crippen molar-refractivity contribution in [3.8, 4) is 11.5 Å². The van der Waals surface area contributed by atoms with Gasteiger partial charge in [0, 0.05) is 12.0 Å². The van der Waals surface area contributed by atoms with E-state index in [1.54, 1.807) is 0 Å². The molecule has 0 atom stereocenters. The van der Waals surface area contributed by atoms with Gasteiger partial charge >= 0.3 is 0 Å². The van der Waals surface area contributed by atoms with Crippen molar-refractivity contribution in [3.63, 3.8) is 0 Å². The van der Waals surface area contributed by atoms with Crippen molar-refractivity contribution < 1.29 is 9.53 Å². The molecule has 23 heavy (non-hydrogen) atoms. The van der Waals surface area contributed by atoms with Gasteiger partial charge in [0.05, 0.1) is 0 Å². The standard InChI is InChI=1S/C21H26O2/c1-3-5-10-17-14-15-19(23-18-11-8-7-9-12-18)16-20(17)21(22)13-6-4-2/h7-9,11-12,14-16H,3-6,10,13H2,1-2H3. The van der Waals surface area contributed by atoms with E-state index < -0.39 is 0 Å². The molecule has 0 amide bonds. The van der Waals surface area contributed by atoms with Crippen LogP contribution in [0.2, 0.25) is 0 Å². The number of ether oxygens (including phenoxy) is 1. The number of aryl methyl sites for hydroxylation is 1. The molecule has 0 aliphatic carbocycles. The summed E-state index contributed by atoms with van der Waals surface area (Å²) in [5.74, 6) is 1.76. The number of ketones is 1. The molecule has 0 spiro atoms. The Morgan fingerprint density at radius 1 is 0.913 bits per heavy atom. The smallest absolute Gasteiger partial charge is 0.163 e. The van der Waals surface area contributed by atoms with E-state index in [0.29, 0.717) is 6.42 Å². The van der Waals surface area contributed by atoms with Gasteiger partial charge in [0.1, 0.15) is 11.5 Å². The van der Waals surface area contributed by atoms with Crippen LogP contribution in [0.4, 0.5) is 0 Å². The number of carbonyl (C=O) groups is 1. The molecule has 0 aliphatic heterocycles. The first-order chi connectivity index (χ1) is 11.2. The maximum Gasteiger partial charge on any atom is 0.163 e. The van der Waals surface area contributed by atoms with Gasteiger partial charge in [-0.05, 0) is 49.1 Å². The minimum Gasteiger partial charge on any atom is -0.457 e. The van der Waals surface area contributed by atoms with Gasteiger partial charge in [-0.15, -0.1) is 0 Å². The van der Waals surface area contributed by atoms with Crippen LogP contribution in [0.25, 0.3) is 0 Å². The third-order valence-electron chi connectivity index (χ3n) is 3.92. The highest BCUT2D eigenvalue weighted by molar-refractivity contribution is 5.97. The van der Waals surface area contributed by atoms with Crippen molar-refractivity contribution in [2.24, 2.45) is 0 Å². The number of carbonyl (C=O) groups excluding carboxylic acids is 1. The van der Waals surface area contributed by atoms with E-state index in [9.17, 15) is 4.79 Å². The Morgan fingerprint density at radius 2 is 1.65 bits per heavy atom. The zero-order chi connectivity index (χ0) is 16.5. The lowest BCUT2D eigenvalue weighted by atomic mass is 9.96. The van der Waals surface area contributed by atoms with Crippen molar-refractivity contribution in [2.75, 3.05) is 0 Å². The zero-order valence-corrected chi connectivity index (χ0v) is 14.2. The minimum atomic E-state index is 0.233. The molecule has 0 saturated carbocycles. The topological polar surface area (TPSA) is 26.3 Å². The van der Waals surface area contributed by atoms with Crippen LogP contribution >= 0.6 is 0 Å². The second-order valence-corrected chi connectivity index (χ2v) is 5.86. The molecule has 0 aliphatic rings. The monoisotopic (exact) mass is 310 g/mol. The first-order valence-corrected chi connectivity index (χ1v) is 8.63. The SMILES string of the molecule is CCCCC(=O)c1cc(Oc2ccccc2)ccc1CCCC. The first-order valence-electron chi connectivity index (χ1n) is 8.63. The van der Waals surface area contributed by atoms with E-state index in [4.69, 9.17) is 4.74 Å². The number of Topliss-reactive ketones (excluding diaryl/α,β-unsaturated/α-hetero) is 1. The fourth-order valence-corrected chi connectivity index (χ4v) is 2.56. The maximum atomic E-state index is 12.5. The molecular weight excluding hydrogens is 284 g/mol. The summed E-state index contributed by atoms with van der Waals surface area (Å²) in [6.07, 6.45) is 5.78. The first kappa shape index (κ1) is 17.3. The fraction of sp³-hybridized carbons (Fsp3) is 0.381. The molecule has 0 aromatic heterocycles. The predicted octanol–water partition coefficient (Wildman–Crippen LogP) is 6.19. The summed E-state index contributed by atoms with van der Waals surface area (Å²) in [4.78, 5) is 12.5. The summed E-state index contributed by atoms with van der Waals surface area (Å²) in [6.45, 7) is 4.28. The lowest BCUT2D eigenvalue weighted by Gasteiger charge is -2.12. The number of hydrogen-bond donors (Lipinski definition) is 0. The predicted molar refractivity (Wildman–Crippen MR) is 95.4 cm³/mol. The summed E-state index contributed by atoms with van der Waals surface area (Å²) < 4.78 is 5.88. The van der Waals surface area contributed by atoms with E-state index in [1.165, 1.54) is 0 Å². The van der Waals surface area contributed by atoms with Crippen LogP contribution in [0.3, 0.4) is 0 Å². The van der Waals surface area contributed by atoms with Gasteiger partial charge in [-0.3, -0.25) is 4.79 Å². The Morgan fingerprint density at radius 3 is 2.35 bits per heavy atom. The molecule has 2 aromatic rings. The molecule has 2 nitrogen and oxygen atoms in total. The van der Waals surface area contributed by atoms with Crippen molar-refractivity contribution >= 4 is 5.78 Å². The lowest BCUT2D eigenvalue weighted by Crippen LogP contribution is -2.04. The molecular formula is C21H26O2. The van der Waals surface area contributed by atoms with E-state index >= 15 is 0 Å². The molecule has 0 radical (unpaired) electrons. The third kappa shape index (κ3) is 5.24. The zero-order valence-electron chi connectivity index (χ0n) is 14.2. The fourth-order valence-electron chi connectivity index (χ4n) is 2.56. The van der Waals surface area contributed by atoms with Crippen LogP contribution < -0.4 is 4.74 Å². The Labute approximate surface area is 139 Å². The Balaban J connectivity index is 2.22. The van der Waals surface area contributed by atoms with Crippen molar-refractivity contribution in [1.82, 2.24) is 0 Å². The van der Waals surface area contributed by atoms with Gasteiger partial charge in [-0.2, -0.15) is 0 Å². The second-order valence-electron chi connectivity index (χ2n) is 5.86. The number of benzene rings is 2. The van der Waals surface area contributed by atoms with Crippen molar-refractivity contribution in [3.05, 3.63) is 59.7 Å². The highest BCUT2D eigenvalue weighted by atomic mass is 16.5. The van der Waals surface area contributed by atoms with Crippen LogP contribution in [0.5, 0.6) is 11.5 Å². The van der Waals surface area contributed by atoms with Gasteiger partial charge in [0.25, 0.3) is 0 Å². The summed E-state index contributed by atoms with van der Waals surface area (Å²) in [5, 5.41) is 0. The van der Waals surface area contributed by atoms with Crippen molar-refractivity contribution in [1.29, 1.82) is 0 Å². The highest BCUT2D eigenvalue weighted by Gasteiger charge is 2.12. The summed E-state index contributed by atoms with van der Waals surface area (Å²) >= 11 is 0. The molecule has 2 rings (SSSR count). The number of rotatable bonds is 9. The average Bonchev–Trinajstić information content (AvgIpc) is 2.59. The molecule has 2 heteroatoms. The van der Waals surface area contributed by atoms with Gasteiger partial charge in [0.15, 0.2) is 5.78 Å². The summed E-state index contributed by atoms with van der Waals surface area (Å²) in [6, 6.07) is 15.6. The van der Waals surface area contributed by atoms with E-state index in [2.05, 4.69) is 13.8 Å². The number of hydrogen-bond acceptors (Lipinski definition) is 2. The van der Waals surface area contributed by atoms with Gasteiger partial charge in [-0.25, -0.2) is 0 Å². The highest BCUT2D eigenvalue weighted by Crippen LogP contribution is 2.26. The minimum absolute atomic E-state index is 0.233. The Hall–Kier alpha value is -2.09. The van der Waals surface area contributed by atoms with E-state index in [1.807, 2.05) is 48.5 Å². The molecule has 0 fully saturated rings. The maximum absolute atomic E-state index is 12.5. The quantitative estimate of drug-likeness (QED) is 0.516. The second kappa shape index (κ2) is 9.14. The van der Waals surface area contributed by atoms with E-state index in [-0.39, 0.29) is 5.78 Å². The molecule has 0 saturated heterocycles. The lowest BCUT2D eigenvalue weighted by molar-refractivity contribution is 0.0978. The van der Waals surface area contributed by atoms with Crippen molar-refractivity contribution in [2.45, 2.75) is 52.4 Å². The summed E-state index contributed by atoms with van der Waals surface area (Å²) in [5.41, 5.74) is 1.98. The Bertz CT molecular complexity index is 617. The molecule has 0 unspecified atom stereocenters. The van der Waals surface area contributed by atoms with Crippen LogP contribution in [-0.2, 0) is 6.42 Å². The molecule has 0 bridgehead atoms. The number of para-hydroxylation sites is 1. The van der Waals surface area contributed by atoms with Gasteiger partial charge in [0.2, 0.25) is 0 Å². The van der Waals surface area contributed by atoms with Crippen LogP contribution in [0.15, 0.2) is 48.5 Å². The van der Waals surface area contributed by atoms with Gasteiger partial charge in [-0.1, -0.05) is 51.0 Å². The van der Waals surface area contributed by atoms with Crippen LogP contribution in [-0.4, -0.2) is 5.78 Å². The van der Waals surface area contributed by atoms with Crippen LogP contribution in [0.1, 0.15) is 61.9 Å². The third-order valence-corrected chi connectivity index (χ3v) is 3.92.